The minimum absolute atomic E-state index is 0.0703. The predicted octanol–water partition coefficient (Wildman–Crippen LogP) is 3.07. The molecule has 0 saturated heterocycles. The minimum atomic E-state index is -0.811. The number of hydrogen-bond acceptors (Lipinski definition) is 3. The minimum Gasteiger partial charge on any atom is -0.481 e. The molecule has 1 aromatic carbocycles. The molecule has 2 rings (SSSR count). The van der Waals surface area contributed by atoms with Crippen LogP contribution in [-0.4, -0.2) is 17.9 Å². The molecule has 98 valence electrons. The summed E-state index contributed by atoms with van der Waals surface area (Å²) < 4.78 is 11.5. The SMILES string of the molecule is CC(C)(CC(=O)O)c1cc2c(cc1Br)COCO2. The summed E-state index contributed by atoms with van der Waals surface area (Å²) in [5.41, 5.74) is 1.45. The first kappa shape index (κ1) is 13.4. The molecule has 0 bridgehead atoms. The van der Waals surface area contributed by atoms with Crippen molar-refractivity contribution >= 4 is 21.9 Å². The predicted molar refractivity (Wildman–Crippen MR) is 69.7 cm³/mol. The van der Waals surface area contributed by atoms with E-state index >= 15 is 0 Å². The summed E-state index contributed by atoms with van der Waals surface area (Å²) in [5, 5.41) is 8.97. The van der Waals surface area contributed by atoms with Gasteiger partial charge in [0.1, 0.15) is 5.75 Å². The van der Waals surface area contributed by atoms with E-state index in [4.69, 9.17) is 14.6 Å². The monoisotopic (exact) mass is 314 g/mol. The Labute approximate surface area is 114 Å². The van der Waals surface area contributed by atoms with Crippen LogP contribution in [0.5, 0.6) is 5.75 Å². The van der Waals surface area contributed by atoms with E-state index in [1.807, 2.05) is 26.0 Å². The van der Waals surface area contributed by atoms with E-state index in [-0.39, 0.29) is 13.2 Å². The highest BCUT2D eigenvalue weighted by atomic mass is 79.9. The van der Waals surface area contributed by atoms with Crippen molar-refractivity contribution in [1.82, 2.24) is 0 Å². The lowest BCUT2D eigenvalue weighted by Crippen LogP contribution is -2.23. The van der Waals surface area contributed by atoms with E-state index in [2.05, 4.69) is 15.9 Å². The van der Waals surface area contributed by atoms with Crippen molar-refractivity contribution in [3.63, 3.8) is 0 Å². The summed E-state index contributed by atoms with van der Waals surface area (Å²) in [6.45, 7) is 4.58. The van der Waals surface area contributed by atoms with E-state index in [0.717, 1.165) is 21.3 Å². The molecule has 0 saturated carbocycles. The van der Waals surface area contributed by atoms with Gasteiger partial charge in [0.2, 0.25) is 0 Å². The molecule has 18 heavy (non-hydrogen) atoms. The fourth-order valence-electron chi connectivity index (χ4n) is 2.09. The summed E-state index contributed by atoms with van der Waals surface area (Å²) in [4.78, 5) is 10.9. The lowest BCUT2D eigenvalue weighted by Gasteiger charge is -2.27. The summed E-state index contributed by atoms with van der Waals surface area (Å²) in [6, 6.07) is 3.85. The van der Waals surface area contributed by atoms with Gasteiger partial charge >= 0.3 is 5.97 Å². The summed E-state index contributed by atoms with van der Waals surface area (Å²) in [5.74, 6) is -0.0354. The Balaban J connectivity index is 2.41. The zero-order chi connectivity index (χ0) is 13.3. The van der Waals surface area contributed by atoms with Crippen LogP contribution in [0.2, 0.25) is 0 Å². The number of aliphatic carboxylic acids is 1. The second kappa shape index (κ2) is 4.90. The van der Waals surface area contributed by atoms with Gasteiger partial charge in [-0.15, -0.1) is 0 Å². The van der Waals surface area contributed by atoms with Crippen molar-refractivity contribution in [2.45, 2.75) is 32.3 Å². The van der Waals surface area contributed by atoms with Crippen LogP contribution in [0, 0.1) is 0 Å². The first-order valence-electron chi connectivity index (χ1n) is 5.65. The molecule has 1 heterocycles. The first-order chi connectivity index (χ1) is 8.40. The summed E-state index contributed by atoms with van der Waals surface area (Å²) >= 11 is 3.50. The van der Waals surface area contributed by atoms with Crippen molar-refractivity contribution in [2.75, 3.05) is 6.79 Å². The van der Waals surface area contributed by atoms with Crippen molar-refractivity contribution in [2.24, 2.45) is 0 Å². The standard InChI is InChI=1S/C13H15BrO4/c1-13(2,5-12(15)16)9-4-11-8(3-10(9)14)6-17-7-18-11/h3-4H,5-7H2,1-2H3,(H,15,16). The highest BCUT2D eigenvalue weighted by molar-refractivity contribution is 9.10. The van der Waals surface area contributed by atoms with Crippen LogP contribution in [0.1, 0.15) is 31.4 Å². The van der Waals surface area contributed by atoms with Crippen molar-refractivity contribution in [3.8, 4) is 5.75 Å². The Hall–Kier alpha value is -1.07. The summed E-state index contributed by atoms with van der Waals surface area (Å²) in [7, 11) is 0. The van der Waals surface area contributed by atoms with E-state index in [0.29, 0.717) is 6.61 Å². The fraction of sp³-hybridized carbons (Fsp3) is 0.462. The van der Waals surface area contributed by atoms with Crippen molar-refractivity contribution < 1.29 is 19.4 Å². The number of fused-ring (bicyclic) bond motifs is 1. The maximum atomic E-state index is 10.9. The number of carboxylic acids is 1. The molecule has 4 nitrogen and oxygen atoms in total. The van der Waals surface area contributed by atoms with Crippen molar-refractivity contribution in [3.05, 3.63) is 27.7 Å². The van der Waals surface area contributed by atoms with Crippen LogP contribution < -0.4 is 4.74 Å². The van der Waals surface area contributed by atoms with Crippen LogP contribution in [0.25, 0.3) is 0 Å². The van der Waals surface area contributed by atoms with Crippen LogP contribution in [0.15, 0.2) is 16.6 Å². The Morgan fingerprint density at radius 1 is 1.50 bits per heavy atom. The quantitative estimate of drug-likeness (QED) is 0.931. The fourth-order valence-corrected chi connectivity index (χ4v) is 3.02. The van der Waals surface area contributed by atoms with Crippen molar-refractivity contribution in [1.29, 1.82) is 0 Å². The molecule has 1 N–H and O–H groups in total. The molecular formula is C13H15BrO4. The van der Waals surface area contributed by atoms with Gasteiger partial charge < -0.3 is 14.6 Å². The van der Waals surface area contributed by atoms with E-state index in [1.54, 1.807) is 0 Å². The number of ether oxygens (including phenoxy) is 2. The molecular weight excluding hydrogens is 300 g/mol. The second-order valence-electron chi connectivity index (χ2n) is 5.00. The molecule has 1 aromatic rings. The van der Waals surface area contributed by atoms with Crippen LogP contribution in [0.3, 0.4) is 0 Å². The van der Waals surface area contributed by atoms with Gasteiger partial charge in [-0.3, -0.25) is 4.79 Å². The maximum Gasteiger partial charge on any atom is 0.304 e. The van der Waals surface area contributed by atoms with E-state index in [9.17, 15) is 4.79 Å². The zero-order valence-electron chi connectivity index (χ0n) is 10.3. The molecule has 1 aliphatic heterocycles. The number of benzene rings is 1. The normalized spacial score (nSPS) is 14.8. The number of halogens is 1. The van der Waals surface area contributed by atoms with Gasteiger partial charge in [0, 0.05) is 15.5 Å². The molecule has 5 heteroatoms. The Kier molecular flexibility index (Phi) is 3.64. The number of hydrogen-bond donors (Lipinski definition) is 1. The van der Waals surface area contributed by atoms with E-state index in [1.165, 1.54) is 0 Å². The topological polar surface area (TPSA) is 55.8 Å². The van der Waals surface area contributed by atoms with Gasteiger partial charge in [-0.2, -0.15) is 0 Å². The van der Waals surface area contributed by atoms with Crippen LogP contribution >= 0.6 is 15.9 Å². The third kappa shape index (κ3) is 2.67. The third-order valence-corrected chi connectivity index (χ3v) is 3.68. The Bertz CT molecular complexity index is 482. The molecule has 0 radical (unpaired) electrons. The molecule has 0 unspecified atom stereocenters. The Morgan fingerprint density at radius 3 is 2.89 bits per heavy atom. The van der Waals surface area contributed by atoms with Gasteiger partial charge in [0.25, 0.3) is 0 Å². The molecule has 0 fully saturated rings. The number of carbonyl (C=O) groups is 1. The molecule has 1 aliphatic rings. The molecule has 0 spiro atoms. The molecule has 0 aromatic heterocycles. The zero-order valence-corrected chi connectivity index (χ0v) is 11.9. The average molecular weight is 315 g/mol. The number of carboxylic acid groups (broad SMARTS) is 1. The van der Waals surface area contributed by atoms with Gasteiger partial charge in [-0.05, 0) is 17.7 Å². The smallest absolute Gasteiger partial charge is 0.304 e. The molecule has 0 aliphatic carbocycles. The first-order valence-corrected chi connectivity index (χ1v) is 6.45. The number of rotatable bonds is 3. The third-order valence-electron chi connectivity index (χ3n) is 3.03. The lowest BCUT2D eigenvalue weighted by atomic mass is 9.81. The molecule has 0 amide bonds. The lowest BCUT2D eigenvalue weighted by molar-refractivity contribution is -0.138. The van der Waals surface area contributed by atoms with Gasteiger partial charge in [-0.25, -0.2) is 0 Å². The van der Waals surface area contributed by atoms with Gasteiger partial charge in [0.05, 0.1) is 13.0 Å². The highest BCUT2D eigenvalue weighted by Crippen LogP contribution is 2.38. The van der Waals surface area contributed by atoms with Crippen LogP contribution in [0.4, 0.5) is 0 Å². The van der Waals surface area contributed by atoms with E-state index < -0.39 is 11.4 Å². The van der Waals surface area contributed by atoms with Crippen LogP contribution in [-0.2, 0) is 21.6 Å². The van der Waals surface area contributed by atoms with Gasteiger partial charge in [0.15, 0.2) is 6.79 Å². The Morgan fingerprint density at radius 2 is 2.22 bits per heavy atom. The second-order valence-corrected chi connectivity index (χ2v) is 5.86. The highest BCUT2D eigenvalue weighted by Gasteiger charge is 2.28. The van der Waals surface area contributed by atoms with Gasteiger partial charge in [-0.1, -0.05) is 29.8 Å². The average Bonchev–Trinajstić information content (AvgIpc) is 2.26. The maximum absolute atomic E-state index is 10.9. The largest absolute Gasteiger partial charge is 0.481 e. The summed E-state index contributed by atoms with van der Waals surface area (Å²) in [6.07, 6.45) is 0.0703. The molecule has 0 atom stereocenters.